The molecule has 0 bridgehead atoms. The van der Waals surface area contributed by atoms with Gasteiger partial charge in [0.25, 0.3) is 5.91 Å². The number of aliphatic carboxylic acids is 1. The summed E-state index contributed by atoms with van der Waals surface area (Å²) in [7, 11) is 0. The number of nitrogens with zero attached hydrogens (tertiary/aromatic N) is 2. The van der Waals surface area contributed by atoms with Crippen molar-refractivity contribution in [3.63, 3.8) is 0 Å². The molecule has 39 heavy (non-hydrogen) atoms. The fourth-order valence-corrected chi connectivity index (χ4v) is 5.12. The summed E-state index contributed by atoms with van der Waals surface area (Å²) in [5, 5.41) is 23.4. The number of rotatable bonds is 12. The molecule has 0 radical (unpaired) electrons. The van der Waals surface area contributed by atoms with Crippen LogP contribution in [0.3, 0.4) is 0 Å². The Morgan fingerprint density at radius 3 is 2.38 bits per heavy atom. The second-order valence-electron chi connectivity index (χ2n) is 9.46. The molecule has 202 valence electrons. The molecule has 3 aromatic carbocycles. The average Bonchev–Trinajstić information content (AvgIpc) is 3.31. The molecule has 3 N–H and O–H groups in total. The molecular weight excluding hydrogens is 562 g/mol. The number of halogens is 1. The van der Waals surface area contributed by atoms with E-state index in [0.717, 1.165) is 39.7 Å². The van der Waals surface area contributed by atoms with Crippen LogP contribution in [0.2, 0.25) is 0 Å². The third kappa shape index (κ3) is 6.92. The number of fused-ring (bicyclic) bond motifs is 1. The normalized spacial score (nSPS) is 11.8. The molecule has 1 aromatic heterocycles. The topological polar surface area (TPSA) is 122 Å². The highest BCUT2D eigenvalue weighted by Crippen LogP contribution is 2.25. The minimum absolute atomic E-state index is 0.218. The van der Waals surface area contributed by atoms with E-state index in [9.17, 15) is 24.6 Å². The zero-order valence-electron chi connectivity index (χ0n) is 21.6. The van der Waals surface area contributed by atoms with Gasteiger partial charge in [-0.25, -0.2) is 9.78 Å². The summed E-state index contributed by atoms with van der Waals surface area (Å²) in [5.41, 5.74) is 2.26. The van der Waals surface area contributed by atoms with Gasteiger partial charge in [-0.15, -0.1) is 0 Å². The molecule has 1 heterocycles. The van der Waals surface area contributed by atoms with Crippen molar-refractivity contribution in [3.8, 4) is 0 Å². The Morgan fingerprint density at radius 2 is 1.69 bits per heavy atom. The summed E-state index contributed by atoms with van der Waals surface area (Å²) in [6.45, 7) is 2.49. The van der Waals surface area contributed by atoms with Crippen LogP contribution >= 0.6 is 15.9 Å². The highest BCUT2D eigenvalue weighted by molar-refractivity contribution is 9.10. The van der Waals surface area contributed by atoms with Gasteiger partial charge in [0.15, 0.2) is 0 Å². The monoisotopic (exact) mass is 591 g/mol. The predicted molar refractivity (Wildman–Crippen MR) is 152 cm³/mol. The van der Waals surface area contributed by atoms with E-state index in [0.29, 0.717) is 24.8 Å². The van der Waals surface area contributed by atoms with E-state index in [1.54, 1.807) is 24.4 Å². The minimum atomic E-state index is -1.00. The van der Waals surface area contributed by atoms with Gasteiger partial charge in [-0.05, 0) is 46.9 Å². The quantitative estimate of drug-likeness (QED) is 0.194. The lowest BCUT2D eigenvalue weighted by atomic mass is 9.99. The van der Waals surface area contributed by atoms with Crippen molar-refractivity contribution in [2.24, 2.45) is 0 Å². The zero-order valence-corrected chi connectivity index (χ0v) is 23.1. The van der Waals surface area contributed by atoms with Crippen LogP contribution in [0.5, 0.6) is 0 Å². The number of aromatic carboxylic acids is 1. The third-order valence-electron chi connectivity index (χ3n) is 6.61. The molecule has 4 rings (SSSR count). The summed E-state index contributed by atoms with van der Waals surface area (Å²) in [4.78, 5) is 41.2. The Bertz CT molecular complexity index is 1510. The number of carbonyl (C=O) groups is 3. The predicted octanol–water partition coefficient (Wildman–Crippen LogP) is 5.70. The second kappa shape index (κ2) is 12.7. The van der Waals surface area contributed by atoms with Crippen LogP contribution in [-0.2, 0) is 24.2 Å². The smallest absolute Gasteiger partial charge is 0.336 e. The highest BCUT2D eigenvalue weighted by Gasteiger charge is 2.22. The van der Waals surface area contributed by atoms with Crippen molar-refractivity contribution in [1.29, 1.82) is 0 Å². The molecule has 0 aliphatic rings. The molecule has 0 aliphatic carbocycles. The standard InChI is InChI=1S/C30H30BrN3O5/c1-2-3-12-27-33-26(29(37)32-21(16-28(35)36)15-19-8-4-7-11-25(19)31)18-34(27)17-20-13-14-24(30(38)39)23-10-6-5-9-22(20)23/h4-11,13-14,18,21H,2-3,12,15-17H2,1H3,(H,32,37)(H,35,36)(H,38,39)/t21-/m1/s1. The molecule has 1 amide bonds. The van der Waals surface area contributed by atoms with Gasteiger partial charge in [-0.2, -0.15) is 0 Å². The molecule has 8 nitrogen and oxygen atoms in total. The molecule has 0 saturated heterocycles. The molecule has 0 spiro atoms. The molecule has 0 aliphatic heterocycles. The molecule has 4 aromatic rings. The minimum Gasteiger partial charge on any atom is -0.481 e. The second-order valence-corrected chi connectivity index (χ2v) is 10.3. The number of benzene rings is 3. The van der Waals surface area contributed by atoms with E-state index >= 15 is 0 Å². The van der Waals surface area contributed by atoms with E-state index in [1.807, 2.05) is 47.0 Å². The number of aryl methyl sites for hydroxylation is 1. The van der Waals surface area contributed by atoms with Gasteiger partial charge in [0, 0.05) is 29.7 Å². The van der Waals surface area contributed by atoms with Crippen LogP contribution in [0.15, 0.2) is 71.3 Å². The van der Waals surface area contributed by atoms with Gasteiger partial charge in [0.05, 0.1) is 12.0 Å². The van der Waals surface area contributed by atoms with Crippen LogP contribution in [0.4, 0.5) is 0 Å². The first-order valence-electron chi connectivity index (χ1n) is 12.8. The Hall–Kier alpha value is -3.98. The fraction of sp³-hybridized carbons (Fsp3) is 0.267. The lowest BCUT2D eigenvalue weighted by molar-refractivity contribution is -0.137. The van der Waals surface area contributed by atoms with E-state index in [4.69, 9.17) is 0 Å². The number of unbranched alkanes of at least 4 members (excludes halogenated alkanes) is 1. The van der Waals surface area contributed by atoms with Gasteiger partial charge >= 0.3 is 11.9 Å². The fourth-order valence-electron chi connectivity index (χ4n) is 4.68. The van der Waals surface area contributed by atoms with Crippen molar-refractivity contribution < 1.29 is 24.6 Å². The number of carboxylic acids is 2. The number of hydrogen-bond acceptors (Lipinski definition) is 4. The van der Waals surface area contributed by atoms with Gasteiger partial charge in [-0.1, -0.05) is 77.8 Å². The van der Waals surface area contributed by atoms with Crippen molar-refractivity contribution >= 4 is 44.5 Å². The first-order valence-corrected chi connectivity index (χ1v) is 13.6. The van der Waals surface area contributed by atoms with Gasteiger partial charge in [0.2, 0.25) is 0 Å². The Kier molecular flexibility index (Phi) is 9.14. The van der Waals surface area contributed by atoms with E-state index in [1.165, 1.54) is 0 Å². The third-order valence-corrected chi connectivity index (χ3v) is 7.39. The molecular formula is C30H30BrN3O5. The molecule has 0 fully saturated rings. The van der Waals surface area contributed by atoms with Crippen molar-refractivity contribution in [2.75, 3.05) is 0 Å². The Labute approximate surface area is 234 Å². The van der Waals surface area contributed by atoms with Gasteiger partial charge in [0.1, 0.15) is 11.5 Å². The van der Waals surface area contributed by atoms with E-state index in [-0.39, 0.29) is 17.7 Å². The molecule has 0 saturated carbocycles. The molecule has 1 atom stereocenters. The Balaban J connectivity index is 1.62. The molecule has 9 heteroatoms. The first kappa shape index (κ1) is 28.0. The summed E-state index contributed by atoms with van der Waals surface area (Å²) >= 11 is 3.49. The lowest BCUT2D eigenvalue weighted by Crippen LogP contribution is -2.38. The number of carboxylic acid groups (broad SMARTS) is 2. The van der Waals surface area contributed by atoms with Crippen LogP contribution in [0.1, 0.15) is 64.0 Å². The van der Waals surface area contributed by atoms with Crippen molar-refractivity contribution in [3.05, 3.63) is 99.5 Å². The van der Waals surface area contributed by atoms with E-state index in [2.05, 4.69) is 33.2 Å². The first-order chi connectivity index (χ1) is 18.8. The number of aromatic nitrogens is 2. The van der Waals surface area contributed by atoms with Gasteiger partial charge < -0.3 is 20.1 Å². The average molecular weight is 592 g/mol. The number of imidazole rings is 1. The SMILES string of the molecule is CCCCc1nc(C(=O)N[C@@H](CC(=O)O)Cc2ccccc2Br)cn1Cc1ccc(C(=O)O)c2ccccc12. The highest BCUT2D eigenvalue weighted by atomic mass is 79.9. The van der Waals surface area contributed by atoms with E-state index < -0.39 is 23.9 Å². The van der Waals surface area contributed by atoms with Crippen molar-refractivity contribution in [1.82, 2.24) is 14.9 Å². The summed E-state index contributed by atoms with van der Waals surface area (Å²) in [6, 6.07) is 17.7. The number of carbonyl (C=O) groups excluding carboxylic acids is 1. The summed E-state index contributed by atoms with van der Waals surface area (Å²) in [6.07, 6.45) is 4.34. The van der Waals surface area contributed by atoms with Crippen LogP contribution < -0.4 is 5.32 Å². The number of hydrogen-bond donors (Lipinski definition) is 3. The summed E-state index contributed by atoms with van der Waals surface area (Å²) < 4.78 is 2.77. The number of amides is 1. The van der Waals surface area contributed by atoms with Crippen molar-refractivity contribution in [2.45, 2.75) is 51.6 Å². The van der Waals surface area contributed by atoms with Crippen LogP contribution in [0, 0.1) is 0 Å². The lowest BCUT2D eigenvalue weighted by Gasteiger charge is -2.17. The number of nitrogens with one attached hydrogen (secondary N) is 1. The van der Waals surface area contributed by atoms with Crippen LogP contribution in [0.25, 0.3) is 10.8 Å². The van der Waals surface area contributed by atoms with Crippen LogP contribution in [-0.4, -0.2) is 43.7 Å². The van der Waals surface area contributed by atoms with Gasteiger partial charge in [-0.3, -0.25) is 9.59 Å². The maximum atomic E-state index is 13.3. The maximum Gasteiger partial charge on any atom is 0.336 e. The maximum absolute atomic E-state index is 13.3. The largest absolute Gasteiger partial charge is 0.481 e. The Morgan fingerprint density at radius 1 is 0.974 bits per heavy atom. The summed E-state index contributed by atoms with van der Waals surface area (Å²) in [5.74, 6) is -1.68. The zero-order chi connectivity index (χ0) is 27.9. The molecule has 0 unspecified atom stereocenters.